The monoisotopic (exact) mass is 334 g/mol. The maximum absolute atomic E-state index is 12.7. The second kappa shape index (κ2) is 5.73. The van der Waals surface area contributed by atoms with Crippen LogP contribution >= 0.6 is 23.5 Å². The standard InChI is InChI=1S/C16H21F3S2/c1-14(2,3)13-9-10-20-15(4,21-13)11-5-7-12(8-6-11)16(17,18)19/h5-8,13H,9-10H2,1-4H3/t13?,15-/m0/s1. The molecule has 21 heavy (non-hydrogen) atoms. The Balaban J connectivity index is 2.23. The van der Waals surface area contributed by atoms with E-state index in [4.69, 9.17) is 0 Å². The molecule has 1 aliphatic rings. The molecule has 0 N–H and O–H groups in total. The van der Waals surface area contributed by atoms with Gasteiger partial charge in [-0.25, -0.2) is 0 Å². The molecule has 118 valence electrons. The fourth-order valence-electron chi connectivity index (χ4n) is 2.45. The first kappa shape index (κ1) is 17.1. The molecule has 0 nitrogen and oxygen atoms in total. The van der Waals surface area contributed by atoms with E-state index in [0.29, 0.717) is 5.25 Å². The molecule has 1 heterocycles. The first-order chi connectivity index (χ1) is 9.52. The van der Waals surface area contributed by atoms with Crippen LogP contribution in [-0.2, 0) is 10.3 Å². The smallest absolute Gasteiger partial charge is 0.166 e. The maximum atomic E-state index is 12.7. The highest BCUT2D eigenvalue weighted by Crippen LogP contribution is 2.56. The van der Waals surface area contributed by atoms with E-state index in [-0.39, 0.29) is 9.49 Å². The molecule has 0 aromatic heterocycles. The minimum absolute atomic E-state index is 0.166. The molecule has 0 aliphatic carbocycles. The molecule has 2 atom stereocenters. The zero-order valence-electron chi connectivity index (χ0n) is 12.8. The van der Waals surface area contributed by atoms with Gasteiger partial charge in [-0.2, -0.15) is 13.2 Å². The Morgan fingerprint density at radius 3 is 2.14 bits per heavy atom. The third-order valence-corrected chi connectivity index (χ3v) is 7.61. The number of halogens is 3. The van der Waals surface area contributed by atoms with Gasteiger partial charge in [0.15, 0.2) is 0 Å². The lowest BCUT2D eigenvalue weighted by Gasteiger charge is -2.43. The molecule has 5 heteroatoms. The topological polar surface area (TPSA) is 0 Å². The number of rotatable bonds is 1. The molecule has 1 aliphatic heterocycles. The largest absolute Gasteiger partial charge is 0.416 e. The van der Waals surface area contributed by atoms with Crippen LogP contribution in [0.3, 0.4) is 0 Å². The Labute approximate surface area is 133 Å². The number of thioether (sulfide) groups is 2. The SMILES string of the molecule is CC(C)(C)C1CCS[C@](C)(c2ccc(C(F)(F)F)cc2)S1. The summed E-state index contributed by atoms with van der Waals surface area (Å²) in [6.45, 7) is 8.82. The van der Waals surface area contributed by atoms with Crippen molar-refractivity contribution < 1.29 is 13.2 Å². The van der Waals surface area contributed by atoms with Crippen molar-refractivity contribution in [2.24, 2.45) is 5.41 Å². The average molecular weight is 334 g/mol. The number of hydrogen-bond donors (Lipinski definition) is 0. The lowest BCUT2D eigenvalue weighted by Crippen LogP contribution is -2.32. The molecule has 1 aromatic carbocycles. The van der Waals surface area contributed by atoms with E-state index in [9.17, 15) is 13.2 Å². The summed E-state index contributed by atoms with van der Waals surface area (Å²) in [5.74, 6) is 1.05. The Bertz CT molecular complexity index is 488. The van der Waals surface area contributed by atoms with E-state index in [1.807, 2.05) is 23.5 Å². The molecule has 1 saturated heterocycles. The van der Waals surface area contributed by atoms with Crippen LogP contribution in [0, 0.1) is 5.41 Å². The summed E-state index contributed by atoms with van der Waals surface area (Å²) in [6, 6.07) is 5.66. The minimum atomic E-state index is -4.26. The molecule has 0 saturated carbocycles. The molecule has 0 amide bonds. The summed E-state index contributed by atoms with van der Waals surface area (Å²) in [7, 11) is 0. The van der Waals surface area contributed by atoms with Gasteiger partial charge in [0, 0.05) is 5.25 Å². The first-order valence-electron chi connectivity index (χ1n) is 7.02. The normalized spacial score (nSPS) is 27.7. The van der Waals surface area contributed by atoms with Gasteiger partial charge in [0.05, 0.1) is 9.64 Å². The van der Waals surface area contributed by atoms with Crippen molar-refractivity contribution in [1.82, 2.24) is 0 Å². The number of alkyl halides is 3. The molecule has 0 radical (unpaired) electrons. The minimum Gasteiger partial charge on any atom is -0.166 e. The van der Waals surface area contributed by atoms with E-state index in [0.717, 1.165) is 17.7 Å². The van der Waals surface area contributed by atoms with E-state index in [2.05, 4.69) is 27.7 Å². The van der Waals surface area contributed by atoms with Crippen molar-refractivity contribution in [3.8, 4) is 0 Å². The van der Waals surface area contributed by atoms with Crippen molar-refractivity contribution in [3.05, 3.63) is 35.4 Å². The van der Waals surface area contributed by atoms with Crippen LogP contribution in [0.15, 0.2) is 24.3 Å². The van der Waals surface area contributed by atoms with Gasteiger partial charge in [-0.3, -0.25) is 0 Å². The van der Waals surface area contributed by atoms with Crippen LogP contribution < -0.4 is 0 Å². The van der Waals surface area contributed by atoms with Crippen molar-refractivity contribution in [2.45, 2.75) is 49.6 Å². The van der Waals surface area contributed by atoms with Gasteiger partial charge < -0.3 is 0 Å². The highest BCUT2D eigenvalue weighted by Gasteiger charge is 2.40. The molecule has 1 unspecified atom stereocenters. The average Bonchev–Trinajstić information content (AvgIpc) is 2.37. The first-order valence-corrected chi connectivity index (χ1v) is 8.88. The molecular formula is C16H21F3S2. The summed E-state index contributed by atoms with van der Waals surface area (Å²) in [4.78, 5) is 0. The molecule has 2 rings (SSSR count). The number of hydrogen-bond acceptors (Lipinski definition) is 2. The summed E-state index contributed by atoms with van der Waals surface area (Å²) in [5.41, 5.74) is 0.603. The summed E-state index contributed by atoms with van der Waals surface area (Å²) < 4.78 is 37.8. The zero-order chi connectivity index (χ0) is 15.9. The zero-order valence-corrected chi connectivity index (χ0v) is 14.4. The fraction of sp³-hybridized carbons (Fsp3) is 0.625. The van der Waals surface area contributed by atoms with Crippen LogP contribution in [0.25, 0.3) is 0 Å². The van der Waals surface area contributed by atoms with Gasteiger partial charge in [0.2, 0.25) is 0 Å². The third kappa shape index (κ3) is 3.92. The van der Waals surface area contributed by atoms with Gasteiger partial charge in [-0.1, -0.05) is 32.9 Å². The molecular weight excluding hydrogens is 313 g/mol. The second-order valence-electron chi connectivity index (χ2n) is 6.63. The number of benzene rings is 1. The van der Waals surface area contributed by atoms with Crippen LogP contribution in [0.2, 0.25) is 0 Å². The maximum Gasteiger partial charge on any atom is 0.416 e. The second-order valence-corrected chi connectivity index (χ2v) is 10.0. The van der Waals surface area contributed by atoms with E-state index in [1.54, 1.807) is 12.1 Å². The van der Waals surface area contributed by atoms with Gasteiger partial charge >= 0.3 is 6.18 Å². The summed E-state index contributed by atoms with van der Waals surface area (Å²) in [5, 5.41) is 0.519. The Morgan fingerprint density at radius 2 is 1.67 bits per heavy atom. The Kier molecular flexibility index (Phi) is 4.66. The van der Waals surface area contributed by atoms with Gasteiger partial charge in [0.25, 0.3) is 0 Å². The molecule has 0 bridgehead atoms. The van der Waals surface area contributed by atoms with Crippen molar-refractivity contribution in [3.63, 3.8) is 0 Å². The summed E-state index contributed by atoms with van der Waals surface area (Å²) >= 11 is 3.72. The molecule has 1 fully saturated rings. The Morgan fingerprint density at radius 1 is 1.10 bits per heavy atom. The third-order valence-electron chi connectivity index (χ3n) is 3.83. The fourth-order valence-corrected chi connectivity index (χ4v) is 5.92. The molecule has 0 spiro atoms. The van der Waals surface area contributed by atoms with E-state index < -0.39 is 11.7 Å². The lowest BCUT2D eigenvalue weighted by molar-refractivity contribution is -0.137. The van der Waals surface area contributed by atoms with Crippen LogP contribution in [0.1, 0.15) is 45.2 Å². The van der Waals surface area contributed by atoms with Gasteiger partial charge in [-0.15, -0.1) is 23.5 Å². The predicted octanol–water partition coefficient (Wildman–Crippen LogP) is 6.16. The van der Waals surface area contributed by atoms with E-state index >= 15 is 0 Å². The van der Waals surface area contributed by atoms with E-state index in [1.165, 1.54) is 12.1 Å². The highest BCUT2D eigenvalue weighted by molar-refractivity contribution is 8.18. The quantitative estimate of drug-likeness (QED) is 0.603. The van der Waals surface area contributed by atoms with Crippen LogP contribution in [0.4, 0.5) is 13.2 Å². The Hall–Kier alpha value is -0.290. The van der Waals surface area contributed by atoms with Crippen molar-refractivity contribution in [2.75, 3.05) is 5.75 Å². The van der Waals surface area contributed by atoms with Crippen molar-refractivity contribution in [1.29, 1.82) is 0 Å². The highest BCUT2D eigenvalue weighted by atomic mass is 32.2. The summed E-state index contributed by atoms with van der Waals surface area (Å²) in [6.07, 6.45) is -3.12. The van der Waals surface area contributed by atoms with Crippen LogP contribution in [-0.4, -0.2) is 11.0 Å². The van der Waals surface area contributed by atoms with Crippen molar-refractivity contribution >= 4 is 23.5 Å². The van der Waals surface area contributed by atoms with Gasteiger partial charge in [0.1, 0.15) is 0 Å². The lowest BCUT2D eigenvalue weighted by atomic mass is 9.90. The van der Waals surface area contributed by atoms with Crippen LogP contribution in [0.5, 0.6) is 0 Å². The predicted molar refractivity (Wildman–Crippen MR) is 86.7 cm³/mol. The molecule has 1 aromatic rings. The van der Waals surface area contributed by atoms with Gasteiger partial charge in [-0.05, 0) is 42.2 Å².